The van der Waals surface area contributed by atoms with E-state index >= 15 is 0 Å². The molecule has 50 heavy (non-hydrogen) atoms. The van der Waals surface area contributed by atoms with Crippen LogP contribution in [0.25, 0.3) is 32.8 Å². The van der Waals surface area contributed by atoms with Gasteiger partial charge >= 0.3 is 5.97 Å². The molecular weight excluding hydrogens is 671 g/mol. The Labute approximate surface area is 300 Å². The van der Waals surface area contributed by atoms with E-state index in [1.54, 1.807) is 18.2 Å². The molecule has 1 aliphatic rings. The van der Waals surface area contributed by atoms with Crippen molar-refractivity contribution in [1.29, 1.82) is 0 Å². The second-order valence-corrected chi connectivity index (χ2v) is 14.1. The lowest BCUT2D eigenvalue weighted by atomic mass is 9.98. The van der Waals surface area contributed by atoms with Gasteiger partial charge in [-0.25, -0.2) is 4.79 Å². The molecule has 1 amide bonds. The highest BCUT2D eigenvalue weighted by atomic mass is 35.5. The van der Waals surface area contributed by atoms with E-state index in [9.17, 15) is 14.7 Å². The number of carbonyl (C=O) groups is 2. The summed E-state index contributed by atoms with van der Waals surface area (Å²) in [4.78, 5) is 28.5. The van der Waals surface area contributed by atoms with Crippen molar-refractivity contribution in [2.24, 2.45) is 7.05 Å². The monoisotopic (exact) mass is 708 g/mol. The molecule has 0 aliphatic carbocycles. The summed E-state index contributed by atoms with van der Waals surface area (Å²) in [7, 11) is 1.93. The molecule has 256 valence electrons. The first-order valence-corrected chi connectivity index (χ1v) is 17.5. The zero-order valence-electron chi connectivity index (χ0n) is 28.9. The maximum atomic E-state index is 14.9. The van der Waals surface area contributed by atoms with E-state index in [1.165, 1.54) is 0 Å². The second kappa shape index (κ2) is 12.8. The van der Waals surface area contributed by atoms with Gasteiger partial charge in [0, 0.05) is 52.3 Å². The lowest BCUT2D eigenvalue weighted by Crippen LogP contribution is -2.42. The number of hydrogen-bond acceptors (Lipinski definition) is 4. The minimum absolute atomic E-state index is 0.113. The number of carbonyl (C=O) groups excluding carboxylic acids is 1. The predicted molar refractivity (Wildman–Crippen MR) is 201 cm³/mol. The summed E-state index contributed by atoms with van der Waals surface area (Å²) in [5, 5.41) is 18.2. The molecular formula is C40H38Cl2N4O4. The number of nitrogens with zero attached hydrogens (tertiary/aromatic N) is 4. The molecule has 0 spiro atoms. The van der Waals surface area contributed by atoms with Crippen molar-refractivity contribution in [1.82, 2.24) is 14.3 Å². The smallest absolute Gasteiger partial charge is 0.335 e. The van der Waals surface area contributed by atoms with E-state index in [-0.39, 0.29) is 17.5 Å². The summed E-state index contributed by atoms with van der Waals surface area (Å²) >= 11 is 13.5. The van der Waals surface area contributed by atoms with Gasteiger partial charge in [0.2, 0.25) is 0 Å². The Hall–Kier alpha value is -4.79. The fourth-order valence-corrected chi connectivity index (χ4v) is 7.93. The molecule has 1 unspecified atom stereocenters. The lowest BCUT2D eigenvalue weighted by Gasteiger charge is -2.35. The van der Waals surface area contributed by atoms with E-state index in [1.807, 2.05) is 86.8 Å². The fourth-order valence-electron chi connectivity index (χ4n) is 7.57. The van der Waals surface area contributed by atoms with Crippen molar-refractivity contribution in [2.75, 3.05) is 18.1 Å². The Kier molecular flexibility index (Phi) is 8.65. The number of fused-ring (bicyclic) bond motifs is 4. The zero-order valence-corrected chi connectivity index (χ0v) is 30.4. The summed E-state index contributed by atoms with van der Waals surface area (Å²) in [6.45, 7) is 11.0. The van der Waals surface area contributed by atoms with Gasteiger partial charge in [0.1, 0.15) is 11.4 Å². The van der Waals surface area contributed by atoms with Gasteiger partial charge in [-0.2, -0.15) is 5.10 Å². The number of carboxylic acids is 1. The number of benzene rings is 4. The third kappa shape index (κ3) is 5.51. The minimum atomic E-state index is -0.993. The third-order valence-electron chi connectivity index (χ3n) is 9.96. The molecule has 1 N–H and O–H groups in total. The molecule has 1 atom stereocenters. The van der Waals surface area contributed by atoms with E-state index in [0.29, 0.717) is 36.7 Å². The first-order chi connectivity index (χ1) is 23.9. The van der Waals surface area contributed by atoms with Gasteiger partial charge in [-0.3, -0.25) is 9.48 Å². The number of aromatic carboxylic acids is 1. The van der Waals surface area contributed by atoms with Crippen molar-refractivity contribution in [3.63, 3.8) is 0 Å². The first kappa shape index (κ1) is 33.7. The van der Waals surface area contributed by atoms with Crippen LogP contribution in [0.15, 0.2) is 60.7 Å². The minimum Gasteiger partial charge on any atom is -0.494 e. The Balaban J connectivity index is 1.37. The van der Waals surface area contributed by atoms with Crippen LogP contribution in [0, 0.1) is 27.7 Å². The summed E-state index contributed by atoms with van der Waals surface area (Å²) in [6.07, 6.45) is 1.27. The molecule has 8 nitrogen and oxygen atoms in total. The molecule has 0 radical (unpaired) electrons. The molecule has 6 aromatic rings. The highest BCUT2D eigenvalue weighted by molar-refractivity contribution is 6.35. The Morgan fingerprint density at radius 3 is 2.38 bits per heavy atom. The number of anilines is 1. The van der Waals surface area contributed by atoms with Crippen molar-refractivity contribution in [3.05, 3.63) is 110 Å². The topological polar surface area (TPSA) is 89.6 Å². The van der Waals surface area contributed by atoms with Crippen LogP contribution in [0.2, 0.25) is 10.0 Å². The largest absolute Gasteiger partial charge is 0.494 e. The van der Waals surface area contributed by atoms with E-state index in [0.717, 1.165) is 77.3 Å². The molecule has 0 saturated carbocycles. The maximum Gasteiger partial charge on any atom is 0.335 e. The van der Waals surface area contributed by atoms with Gasteiger partial charge in [0.05, 0.1) is 34.1 Å². The van der Waals surface area contributed by atoms with E-state index in [4.69, 9.17) is 33.0 Å². The van der Waals surface area contributed by atoms with Crippen LogP contribution in [-0.4, -0.2) is 44.5 Å². The Morgan fingerprint density at radius 1 is 0.980 bits per heavy atom. The van der Waals surface area contributed by atoms with Gasteiger partial charge in [0.25, 0.3) is 5.91 Å². The fraction of sp³-hybridized carbons (Fsp3) is 0.275. The number of ether oxygens (including phenoxy) is 1. The maximum absolute atomic E-state index is 14.9. The summed E-state index contributed by atoms with van der Waals surface area (Å²) in [6, 6.07) is 18.5. The Morgan fingerprint density at radius 2 is 1.70 bits per heavy atom. The average molecular weight is 710 g/mol. The normalized spacial score (nSPS) is 14.5. The summed E-state index contributed by atoms with van der Waals surface area (Å²) < 4.78 is 10.2. The second-order valence-electron chi connectivity index (χ2n) is 13.3. The molecule has 0 bridgehead atoms. The lowest BCUT2D eigenvalue weighted by molar-refractivity contribution is 0.0696. The van der Waals surface area contributed by atoms with Crippen LogP contribution in [-0.2, 0) is 13.5 Å². The van der Waals surface area contributed by atoms with Crippen molar-refractivity contribution < 1.29 is 19.4 Å². The number of rotatable bonds is 8. The standard InChI is InChI=1S/C40H38Cl2N4O4/c1-21-17-28(18-22(2)36(21)42)50-16-8-10-30-31-14-15-32(41)35(34-24(4)43-44(6)25(34)5)37(31)46-23(3)20-45(39(47)38(30)46)33-11-7-9-26-19-27(40(48)49)12-13-29(26)33/h7,9,11-15,17-19,23H,8,10,16,20H2,1-6H3,(H,48,49). The van der Waals surface area contributed by atoms with Gasteiger partial charge in [-0.05, 0) is 106 Å². The quantitative estimate of drug-likeness (QED) is 0.159. The van der Waals surface area contributed by atoms with E-state index < -0.39 is 5.97 Å². The number of aryl methyl sites for hydroxylation is 5. The number of carboxylic acid groups (broad SMARTS) is 1. The van der Waals surface area contributed by atoms with Crippen molar-refractivity contribution >= 4 is 62.4 Å². The van der Waals surface area contributed by atoms with Crippen LogP contribution in [0.4, 0.5) is 5.69 Å². The summed E-state index contributed by atoms with van der Waals surface area (Å²) in [5.74, 6) is -0.341. The molecule has 7 rings (SSSR count). The molecule has 2 aromatic heterocycles. The number of halogens is 2. The highest BCUT2D eigenvalue weighted by Crippen LogP contribution is 2.45. The van der Waals surface area contributed by atoms with Crippen molar-refractivity contribution in [3.8, 4) is 16.9 Å². The highest BCUT2D eigenvalue weighted by Gasteiger charge is 2.37. The summed E-state index contributed by atoms with van der Waals surface area (Å²) in [5.41, 5.74) is 9.07. The average Bonchev–Trinajstić information content (AvgIpc) is 3.55. The van der Waals surface area contributed by atoms with Crippen LogP contribution in [0.5, 0.6) is 5.75 Å². The molecule has 0 fully saturated rings. The first-order valence-electron chi connectivity index (χ1n) is 16.7. The molecule has 1 aliphatic heterocycles. The number of hydrogen-bond donors (Lipinski definition) is 1. The van der Waals surface area contributed by atoms with Gasteiger partial charge in [0.15, 0.2) is 0 Å². The molecule has 4 aromatic carbocycles. The van der Waals surface area contributed by atoms with Crippen LogP contribution >= 0.6 is 23.2 Å². The van der Waals surface area contributed by atoms with Gasteiger partial charge in [-0.15, -0.1) is 0 Å². The van der Waals surface area contributed by atoms with Crippen LogP contribution in [0.3, 0.4) is 0 Å². The Bertz CT molecular complexity index is 2350. The SMILES string of the molecule is Cc1cc(OCCCc2c3n(c4c(-c5c(C)nn(C)c5C)c(Cl)ccc24)C(C)CN(c2cccc4cc(C(=O)O)ccc24)C3=O)cc(C)c1Cl. The van der Waals surface area contributed by atoms with Crippen LogP contribution in [0.1, 0.15) is 68.3 Å². The van der Waals surface area contributed by atoms with Crippen LogP contribution < -0.4 is 9.64 Å². The number of aromatic nitrogens is 3. The third-order valence-corrected chi connectivity index (χ3v) is 10.9. The molecule has 3 heterocycles. The van der Waals surface area contributed by atoms with Crippen molar-refractivity contribution in [2.45, 2.75) is 53.5 Å². The number of amides is 1. The molecule has 10 heteroatoms. The van der Waals surface area contributed by atoms with E-state index in [2.05, 4.69) is 11.5 Å². The van der Waals surface area contributed by atoms with Gasteiger partial charge in [-0.1, -0.05) is 47.5 Å². The predicted octanol–water partition coefficient (Wildman–Crippen LogP) is 9.67. The van der Waals surface area contributed by atoms with Gasteiger partial charge < -0.3 is 19.3 Å². The zero-order chi connectivity index (χ0) is 35.6. The molecule has 0 saturated heterocycles.